The lowest BCUT2D eigenvalue weighted by atomic mass is 9.84. The summed E-state index contributed by atoms with van der Waals surface area (Å²) in [5, 5.41) is 0. The second-order valence-electron chi connectivity index (χ2n) is 3.20. The molecule has 0 atom stereocenters. The van der Waals surface area contributed by atoms with E-state index < -0.39 is 0 Å². The predicted octanol–water partition coefficient (Wildman–Crippen LogP) is 3.21. The Bertz CT molecular complexity index is 144. The number of hydrogen-bond donors (Lipinski definition) is 0. The maximum Gasteiger partial charge on any atom is 0.0211 e. The van der Waals surface area contributed by atoms with Crippen molar-refractivity contribution in [3.05, 3.63) is 0 Å². The molecule has 0 N–H and O–H groups in total. The van der Waals surface area contributed by atoms with Gasteiger partial charge in [-0.3, -0.25) is 0 Å². The summed E-state index contributed by atoms with van der Waals surface area (Å²) in [6.45, 7) is 2.34. The van der Waals surface area contributed by atoms with E-state index >= 15 is 0 Å². The summed E-state index contributed by atoms with van der Waals surface area (Å²) >= 11 is 2.13. The van der Waals surface area contributed by atoms with E-state index in [1.54, 1.807) is 0 Å². The third-order valence-electron chi connectivity index (χ3n) is 2.27. The Morgan fingerprint density at radius 2 is 1.80 bits per heavy atom. The molecule has 0 aromatic rings. The first-order chi connectivity index (χ1) is 4.83. The van der Waals surface area contributed by atoms with Crippen molar-refractivity contribution in [1.82, 2.24) is 0 Å². The van der Waals surface area contributed by atoms with Crippen molar-refractivity contribution < 1.29 is 0 Å². The van der Waals surface area contributed by atoms with Crippen molar-refractivity contribution in [3.63, 3.8) is 0 Å². The summed E-state index contributed by atoms with van der Waals surface area (Å²) in [5.41, 5.74) is 0. The molecule has 0 bridgehead atoms. The normalized spacial score (nSPS) is 32.6. The minimum absolute atomic E-state index is 0.716. The van der Waals surface area contributed by atoms with E-state index in [2.05, 4.69) is 39.4 Å². The van der Waals surface area contributed by atoms with Crippen LogP contribution in [0.3, 0.4) is 0 Å². The summed E-state index contributed by atoms with van der Waals surface area (Å²) in [5.74, 6) is 4.91. The van der Waals surface area contributed by atoms with Gasteiger partial charge >= 0.3 is 0 Å². The molecular weight excluding hydrogens is 235 g/mol. The Labute approximate surface area is 76.9 Å². The van der Waals surface area contributed by atoms with E-state index in [9.17, 15) is 0 Å². The van der Waals surface area contributed by atoms with Gasteiger partial charge in [0.05, 0.1) is 0 Å². The highest BCUT2D eigenvalue weighted by Crippen LogP contribution is 2.27. The molecule has 1 heteroatoms. The molecule has 0 aliphatic heterocycles. The van der Waals surface area contributed by atoms with Crippen LogP contribution in [0.5, 0.6) is 0 Å². The van der Waals surface area contributed by atoms with Crippen LogP contribution < -0.4 is 0 Å². The van der Waals surface area contributed by atoms with E-state index in [4.69, 9.17) is 0 Å². The fourth-order valence-corrected chi connectivity index (χ4v) is 1.92. The molecule has 10 heavy (non-hydrogen) atoms. The molecule has 0 heterocycles. The van der Waals surface area contributed by atoms with Gasteiger partial charge in [-0.15, -0.1) is 0 Å². The lowest BCUT2D eigenvalue weighted by Crippen LogP contribution is -2.10. The average Bonchev–Trinajstić information content (AvgIpc) is 1.95. The van der Waals surface area contributed by atoms with Gasteiger partial charge in [0, 0.05) is 28.5 Å². The molecule has 1 aliphatic carbocycles. The minimum Gasteiger partial charge on any atom is -0.0885 e. The minimum atomic E-state index is 0.716. The van der Waals surface area contributed by atoms with E-state index in [-0.39, 0.29) is 0 Å². The molecule has 1 saturated carbocycles. The summed E-state index contributed by atoms with van der Waals surface area (Å²) in [6, 6.07) is 0. The van der Waals surface area contributed by atoms with Crippen molar-refractivity contribution in [2.75, 3.05) is 0 Å². The van der Waals surface area contributed by atoms with Gasteiger partial charge in [-0.05, 0) is 35.5 Å². The zero-order valence-corrected chi connectivity index (χ0v) is 8.52. The maximum absolute atomic E-state index is 3.24. The van der Waals surface area contributed by atoms with Gasteiger partial charge in [0.1, 0.15) is 0 Å². The molecular formula is C9H13I. The van der Waals surface area contributed by atoms with E-state index in [1.807, 2.05) is 0 Å². The van der Waals surface area contributed by atoms with Crippen molar-refractivity contribution in [1.29, 1.82) is 0 Å². The first-order valence-corrected chi connectivity index (χ1v) is 5.02. The smallest absolute Gasteiger partial charge is 0.0211 e. The van der Waals surface area contributed by atoms with Crippen LogP contribution in [0.1, 0.15) is 32.6 Å². The fourth-order valence-electron chi connectivity index (χ4n) is 1.48. The lowest BCUT2D eigenvalue weighted by Gasteiger charge is -2.21. The van der Waals surface area contributed by atoms with Crippen molar-refractivity contribution in [3.8, 4) is 9.85 Å². The predicted molar refractivity (Wildman–Crippen MR) is 52.9 cm³/mol. The Kier molecular flexibility index (Phi) is 3.55. The van der Waals surface area contributed by atoms with Crippen LogP contribution in [-0.2, 0) is 0 Å². The first kappa shape index (κ1) is 8.39. The van der Waals surface area contributed by atoms with Crippen LogP contribution >= 0.6 is 22.6 Å². The molecule has 0 spiro atoms. The summed E-state index contributed by atoms with van der Waals surface area (Å²) in [6.07, 6.45) is 5.43. The molecule has 0 radical (unpaired) electrons. The highest BCUT2D eigenvalue weighted by atomic mass is 127. The SMILES string of the molecule is CC1CCC(C#CI)CC1. The third kappa shape index (κ3) is 2.49. The molecule has 0 aromatic heterocycles. The second-order valence-corrected chi connectivity index (χ2v) is 3.73. The molecule has 1 fully saturated rings. The van der Waals surface area contributed by atoms with E-state index in [0.29, 0.717) is 5.92 Å². The quantitative estimate of drug-likeness (QED) is 0.456. The molecule has 0 aromatic carbocycles. The van der Waals surface area contributed by atoms with Crippen LogP contribution in [0, 0.1) is 21.7 Å². The molecule has 0 saturated heterocycles. The maximum atomic E-state index is 3.24. The van der Waals surface area contributed by atoms with E-state index in [0.717, 1.165) is 5.92 Å². The van der Waals surface area contributed by atoms with Gasteiger partial charge in [-0.2, -0.15) is 0 Å². The number of rotatable bonds is 0. The highest BCUT2D eigenvalue weighted by Gasteiger charge is 2.15. The zero-order valence-electron chi connectivity index (χ0n) is 6.36. The summed E-state index contributed by atoms with van der Waals surface area (Å²) in [4.78, 5) is 0. The van der Waals surface area contributed by atoms with Gasteiger partial charge in [-0.1, -0.05) is 12.8 Å². The van der Waals surface area contributed by atoms with Crippen molar-refractivity contribution in [2.24, 2.45) is 11.8 Å². The first-order valence-electron chi connectivity index (χ1n) is 3.94. The highest BCUT2D eigenvalue weighted by molar-refractivity contribution is 14.1. The third-order valence-corrected chi connectivity index (χ3v) is 2.59. The van der Waals surface area contributed by atoms with Crippen LogP contribution in [0.25, 0.3) is 0 Å². The van der Waals surface area contributed by atoms with Gasteiger partial charge < -0.3 is 0 Å². The van der Waals surface area contributed by atoms with Crippen molar-refractivity contribution in [2.45, 2.75) is 32.6 Å². The van der Waals surface area contributed by atoms with Crippen LogP contribution in [0.4, 0.5) is 0 Å². The van der Waals surface area contributed by atoms with Crippen LogP contribution in [0.2, 0.25) is 0 Å². The molecule has 0 amide bonds. The molecule has 0 unspecified atom stereocenters. The van der Waals surface area contributed by atoms with Gasteiger partial charge in [0.2, 0.25) is 0 Å². The summed E-state index contributed by atoms with van der Waals surface area (Å²) < 4.78 is 2.97. The molecule has 56 valence electrons. The van der Waals surface area contributed by atoms with Crippen LogP contribution in [0.15, 0.2) is 0 Å². The van der Waals surface area contributed by atoms with Crippen LogP contribution in [-0.4, -0.2) is 0 Å². The summed E-state index contributed by atoms with van der Waals surface area (Å²) in [7, 11) is 0. The average molecular weight is 248 g/mol. The Morgan fingerprint density at radius 3 is 2.30 bits per heavy atom. The van der Waals surface area contributed by atoms with E-state index in [1.165, 1.54) is 25.7 Å². The van der Waals surface area contributed by atoms with Gasteiger partial charge in [0.15, 0.2) is 0 Å². The topological polar surface area (TPSA) is 0 Å². The molecule has 0 nitrogen and oxygen atoms in total. The Balaban J connectivity index is 2.30. The molecule has 1 rings (SSSR count). The van der Waals surface area contributed by atoms with Gasteiger partial charge in [0.25, 0.3) is 0 Å². The number of halogens is 1. The van der Waals surface area contributed by atoms with Crippen molar-refractivity contribution >= 4 is 22.6 Å². The lowest BCUT2D eigenvalue weighted by molar-refractivity contribution is 0.338. The fraction of sp³-hybridized carbons (Fsp3) is 0.778. The number of hydrogen-bond acceptors (Lipinski definition) is 0. The zero-order chi connectivity index (χ0) is 7.40. The van der Waals surface area contributed by atoms with Gasteiger partial charge in [-0.25, -0.2) is 0 Å². The monoisotopic (exact) mass is 248 g/mol. The standard InChI is InChI=1S/C9H13I/c1-8-2-4-9(5-3-8)6-7-10/h8-9H,2-5H2,1H3. The largest absolute Gasteiger partial charge is 0.0885 e. The second kappa shape index (κ2) is 4.23. The molecule has 1 aliphatic rings. The Morgan fingerprint density at radius 1 is 1.20 bits per heavy atom. The Hall–Kier alpha value is 0.290.